The van der Waals surface area contributed by atoms with E-state index in [1.807, 2.05) is 12.3 Å². The quantitative estimate of drug-likeness (QED) is 0.612. The van der Waals surface area contributed by atoms with E-state index in [0.29, 0.717) is 6.54 Å². The Bertz CT molecular complexity index is 774. The Labute approximate surface area is 153 Å². The van der Waals surface area contributed by atoms with Crippen molar-refractivity contribution in [1.82, 2.24) is 19.7 Å². The van der Waals surface area contributed by atoms with Gasteiger partial charge in [0.25, 0.3) is 0 Å². The molecule has 0 saturated heterocycles. The van der Waals surface area contributed by atoms with Crippen molar-refractivity contribution >= 4 is 26.5 Å². The summed E-state index contributed by atoms with van der Waals surface area (Å²) in [7, 11) is -3.15. The van der Waals surface area contributed by atoms with Gasteiger partial charge in [0.2, 0.25) is 10.0 Å². The minimum Gasteiger partial charge on any atom is -0.362 e. The van der Waals surface area contributed by atoms with Crippen LogP contribution in [0.2, 0.25) is 0 Å². The second-order valence-corrected chi connectivity index (χ2v) is 9.18. The van der Waals surface area contributed by atoms with Crippen molar-refractivity contribution in [2.45, 2.75) is 45.3 Å². The number of nitrogens with zero attached hydrogens (tertiary/aromatic N) is 3. The normalized spacial score (nSPS) is 11.8. The summed E-state index contributed by atoms with van der Waals surface area (Å²) < 4.78 is 25.8. The number of unbranched alkanes of at least 4 members (excludes halogenated alkanes) is 2. The van der Waals surface area contributed by atoms with Gasteiger partial charge in [0.05, 0.1) is 10.9 Å². The van der Waals surface area contributed by atoms with Crippen LogP contribution < -0.4 is 10.0 Å². The van der Waals surface area contributed by atoms with Crippen LogP contribution in [0.1, 0.15) is 38.8 Å². The average molecular weight is 384 g/mol. The summed E-state index contributed by atoms with van der Waals surface area (Å²) in [5.74, 6) is 0. The van der Waals surface area contributed by atoms with Gasteiger partial charge in [-0.1, -0.05) is 6.42 Å². The van der Waals surface area contributed by atoms with Gasteiger partial charge in [0.15, 0.2) is 5.13 Å². The molecule has 0 aliphatic heterocycles. The maximum absolute atomic E-state index is 11.6. The van der Waals surface area contributed by atoms with E-state index in [-0.39, 0.29) is 5.25 Å². The molecule has 2 aromatic heterocycles. The fourth-order valence-corrected chi connectivity index (χ4v) is 3.61. The molecule has 0 amide bonds. The lowest BCUT2D eigenvalue weighted by Crippen LogP contribution is -2.31. The molecule has 0 fully saturated rings. The Kier molecular flexibility index (Phi) is 7.27. The SMILES string of the molecule is Cc1nccnc1-c1csc(NCCCCCNS(=O)(=O)C(C)C)n1. The molecule has 7 nitrogen and oxygen atoms in total. The minimum atomic E-state index is -3.15. The van der Waals surface area contributed by atoms with Crippen LogP contribution in [0.4, 0.5) is 5.13 Å². The Morgan fingerprint density at radius 2 is 1.84 bits per heavy atom. The zero-order chi connectivity index (χ0) is 18.3. The molecular weight excluding hydrogens is 358 g/mol. The number of thiazole rings is 1. The molecule has 0 aromatic carbocycles. The molecule has 138 valence electrons. The van der Waals surface area contributed by atoms with Crippen molar-refractivity contribution in [3.63, 3.8) is 0 Å². The summed E-state index contributed by atoms with van der Waals surface area (Å²) in [5, 5.41) is 5.75. The first-order valence-corrected chi connectivity index (χ1v) is 10.8. The second-order valence-electron chi connectivity index (χ2n) is 6.00. The van der Waals surface area contributed by atoms with Gasteiger partial charge in [-0.3, -0.25) is 9.97 Å². The molecule has 0 bridgehead atoms. The number of hydrogen-bond acceptors (Lipinski definition) is 7. The second kappa shape index (κ2) is 9.21. The van der Waals surface area contributed by atoms with Crippen molar-refractivity contribution in [1.29, 1.82) is 0 Å². The Balaban J connectivity index is 1.67. The van der Waals surface area contributed by atoms with E-state index in [1.54, 1.807) is 37.6 Å². The number of hydrogen-bond donors (Lipinski definition) is 2. The van der Waals surface area contributed by atoms with Gasteiger partial charge in [0, 0.05) is 30.9 Å². The van der Waals surface area contributed by atoms with Gasteiger partial charge < -0.3 is 5.32 Å². The number of sulfonamides is 1. The fraction of sp³-hybridized carbons (Fsp3) is 0.562. The summed E-state index contributed by atoms with van der Waals surface area (Å²) in [5.41, 5.74) is 2.51. The summed E-state index contributed by atoms with van der Waals surface area (Å²) in [6, 6.07) is 0. The molecular formula is C16H25N5O2S2. The number of nitrogens with one attached hydrogen (secondary N) is 2. The van der Waals surface area contributed by atoms with Gasteiger partial charge in [-0.15, -0.1) is 11.3 Å². The van der Waals surface area contributed by atoms with Crippen LogP contribution in [0.25, 0.3) is 11.4 Å². The first-order valence-electron chi connectivity index (χ1n) is 8.36. The molecule has 0 radical (unpaired) electrons. The van der Waals surface area contributed by atoms with Crippen LogP contribution in [0, 0.1) is 6.92 Å². The number of rotatable bonds is 10. The third-order valence-electron chi connectivity index (χ3n) is 3.68. The maximum atomic E-state index is 11.6. The predicted molar refractivity (Wildman–Crippen MR) is 102 cm³/mol. The molecule has 0 unspecified atom stereocenters. The summed E-state index contributed by atoms with van der Waals surface area (Å²) in [6.07, 6.45) is 6.08. The van der Waals surface area contributed by atoms with Crippen LogP contribution in [-0.4, -0.2) is 41.7 Å². The highest BCUT2D eigenvalue weighted by molar-refractivity contribution is 7.90. The number of anilines is 1. The van der Waals surface area contributed by atoms with Crippen LogP contribution in [0.3, 0.4) is 0 Å². The lowest BCUT2D eigenvalue weighted by atomic mass is 10.2. The molecule has 0 saturated carbocycles. The topological polar surface area (TPSA) is 96.9 Å². The zero-order valence-corrected chi connectivity index (χ0v) is 16.5. The summed E-state index contributed by atoms with van der Waals surface area (Å²) >= 11 is 1.55. The summed E-state index contributed by atoms with van der Waals surface area (Å²) in [4.78, 5) is 13.1. The maximum Gasteiger partial charge on any atom is 0.213 e. The molecule has 2 N–H and O–H groups in total. The fourth-order valence-electron chi connectivity index (χ4n) is 2.13. The van der Waals surface area contributed by atoms with Crippen molar-refractivity contribution in [3.05, 3.63) is 23.5 Å². The smallest absolute Gasteiger partial charge is 0.213 e. The van der Waals surface area contributed by atoms with Crippen molar-refractivity contribution in [3.8, 4) is 11.4 Å². The highest BCUT2D eigenvalue weighted by Crippen LogP contribution is 2.24. The third kappa shape index (κ3) is 6.02. The zero-order valence-electron chi connectivity index (χ0n) is 14.8. The van der Waals surface area contributed by atoms with Gasteiger partial charge >= 0.3 is 0 Å². The first-order chi connectivity index (χ1) is 11.9. The predicted octanol–water partition coefficient (Wildman–Crippen LogP) is 2.82. The van der Waals surface area contributed by atoms with Gasteiger partial charge in [-0.2, -0.15) is 0 Å². The monoisotopic (exact) mass is 383 g/mol. The van der Waals surface area contributed by atoms with Crippen molar-refractivity contribution < 1.29 is 8.42 Å². The first kappa shape index (κ1) is 19.7. The standard InChI is InChI=1S/C16H25N5O2S2/c1-12(2)25(22,23)20-8-6-4-5-7-19-16-21-14(11-24-16)15-13(3)17-9-10-18-15/h9-12,20H,4-8H2,1-3H3,(H,19,21). The van der Waals surface area contributed by atoms with Crippen LogP contribution in [0.5, 0.6) is 0 Å². The number of aromatic nitrogens is 3. The Hall–Kier alpha value is -1.58. The lowest BCUT2D eigenvalue weighted by molar-refractivity contribution is 0.566. The summed E-state index contributed by atoms with van der Waals surface area (Å²) in [6.45, 7) is 6.58. The molecule has 2 heterocycles. The molecule has 25 heavy (non-hydrogen) atoms. The Morgan fingerprint density at radius 3 is 2.56 bits per heavy atom. The van der Waals surface area contributed by atoms with E-state index in [4.69, 9.17) is 0 Å². The third-order valence-corrected chi connectivity index (χ3v) is 6.33. The van der Waals surface area contributed by atoms with Crippen LogP contribution in [0.15, 0.2) is 17.8 Å². The molecule has 0 atom stereocenters. The highest BCUT2D eigenvalue weighted by atomic mass is 32.2. The number of aryl methyl sites for hydroxylation is 1. The molecule has 0 aliphatic rings. The van der Waals surface area contributed by atoms with Gasteiger partial charge in [-0.25, -0.2) is 18.1 Å². The lowest BCUT2D eigenvalue weighted by Gasteiger charge is -2.09. The molecule has 9 heteroatoms. The van der Waals surface area contributed by atoms with E-state index >= 15 is 0 Å². The largest absolute Gasteiger partial charge is 0.362 e. The van der Waals surface area contributed by atoms with Crippen LogP contribution >= 0.6 is 11.3 Å². The Morgan fingerprint density at radius 1 is 1.12 bits per heavy atom. The molecule has 0 aliphatic carbocycles. The van der Waals surface area contributed by atoms with Gasteiger partial charge in [-0.05, 0) is 33.6 Å². The van der Waals surface area contributed by atoms with E-state index in [1.165, 1.54) is 0 Å². The van der Waals surface area contributed by atoms with E-state index in [0.717, 1.165) is 48.0 Å². The van der Waals surface area contributed by atoms with Crippen molar-refractivity contribution in [2.75, 3.05) is 18.4 Å². The van der Waals surface area contributed by atoms with E-state index < -0.39 is 10.0 Å². The van der Waals surface area contributed by atoms with E-state index in [9.17, 15) is 8.42 Å². The average Bonchev–Trinajstić information content (AvgIpc) is 3.03. The van der Waals surface area contributed by atoms with Crippen LogP contribution in [-0.2, 0) is 10.0 Å². The van der Waals surface area contributed by atoms with Gasteiger partial charge in [0.1, 0.15) is 11.4 Å². The molecule has 0 spiro atoms. The molecule has 2 aromatic rings. The highest BCUT2D eigenvalue weighted by Gasteiger charge is 2.14. The van der Waals surface area contributed by atoms with Crippen molar-refractivity contribution in [2.24, 2.45) is 0 Å². The minimum absolute atomic E-state index is 0.383. The van der Waals surface area contributed by atoms with E-state index in [2.05, 4.69) is 25.0 Å². The molecule has 2 rings (SSSR count).